The second-order valence-corrected chi connectivity index (χ2v) is 5.32. The minimum Gasteiger partial charge on any atom is -0.481 e. The molecule has 1 aromatic rings. The summed E-state index contributed by atoms with van der Waals surface area (Å²) in [5.41, 5.74) is 0. The van der Waals surface area contributed by atoms with Crippen LogP contribution >= 0.6 is 11.6 Å². The number of nitrogens with zero attached hydrogens (tertiary/aromatic N) is 2. The fraction of sp³-hybridized carbons (Fsp3) is 0.600. The van der Waals surface area contributed by atoms with E-state index >= 15 is 0 Å². The van der Waals surface area contributed by atoms with Crippen LogP contribution in [0.15, 0.2) is 18.3 Å². The lowest BCUT2D eigenvalue weighted by Gasteiger charge is -2.23. The largest absolute Gasteiger partial charge is 0.481 e. The molecule has 0 aliphatic rings. The summed E-state index contributed by atoms with van der Waals surface area (Å²) < 4.78 is 0. The number of rotatable bonds is 10. The summed E-state index contributed by atoms with van der Waals surface area (Å²) in [6, 6.07) is 3.63. The molecule has 0 fully saturated rings. The number of pyridine rings is 1. The van der Waals surface area contributed by atoms with E-state index in [2.05, 4.69) is 11.9 Å². The first-order valence-electron chi connectivity index (χ1n) is 7.21. The van der Waals surface area contributed by atoms with Crippen LogP contribution in [0.2, 0.25) is 5.02 Å². The molecule has 1 heterocycles. The number of unbranched alkanes of at least 4 members (excludes halogenated alkanes) is 4. The Morgan fingerprint density at radius 3 is 2.60 bits per heavy atom. The van der Waals surface area contributed by atoms with Gasteiger partial charge in [0.05, 0.1) is 11.4 Å². The molecule has 20 heavy (non-hydrogen) atoms. The molecule has 0 saturated carbocycles. The van der Waals surface area contributed by atoms with Gasteiger partial charge in [-0.05, 0) is 18.6 Å². The van der Waals surface area contributed by atoms with Crippen LogP contribution in [0.5, 0.6) is 0 Å². The molecule has 1 aromatic heterocycles. The Labute approximate surface area is 125 Å². The van der Waals surface area contributed by atoms with Gasteiger partial charge >= 0.3 is 5.97 Å². The van der Waals surface area contributed by atoms with Crippen molar-refractivity contribution in [1.29, 1.82) is 0 Å². The first kappa shape index (κ1) is 16.8. The third kappa shape index (κ3) is 6.75. The SMILES string of the molecule is CCCCCCCN(CCC(=O)O)c1ccc(Cl)cn1. The Balaban J connectivity index is 2.51. The first-order valence-corrected chi connectivity index (χ1v) is 7.59. The number of aliphatic carboxylic acids is 1. The maximum Gasteiger partial charge on any atom is 0.305 e. The number of hydrogen-bond acceptors (Lipinski definition) is 3. The number of hydrogen-bond donors (Lipinski definition) is 1. The van der Waals surface area contributed by atoms with Crippen molar-refractivity contribution in [2.45, 2.75) is 45.4 Å². The number of carboxylic acid groups (broad SMARTS) is 1. The highest BCUT2D eigenvalue weighted by atomic mass is 35.5. The molecule has 5 heteroatoms. The number of aromatic nitrogens is 1. The summed E-state index contributed by atoms with van der Waals surface area (Å²) in [4.78, 5) is 17.0. The zero-order chi connectivity index (χ0) is 14.8. The van der Waals surface area contributed by atoms with Gasteiger partial charge in [0.2, 0.25) is 0 Å². The fourth-order valence-electron chi connectivity index (χ4n) is 2.03. The monoisotopic (exact) mass is 298 g/mol. The molecule has 112 valence electrons. The number of carboxylic acids is 1. The van der Waals surface area contributed by atoms with Gasteiger partial charge in [-0.1, -0.05) is 44.2 Å². The van der Waals surface area contributed by atoms with E-state index in [0.717, 1.165) is 18.8 Å². The quantitative estimate of drug-likeness (QED) is 0.664. The van der Waals surface area contributed by atoms with E-state index in [9.17, 15) is 4.79 Å². The Morgan fingerprint density at radius 2 is 2.00 bits per heavy atom. The molecule has 0 saturated heterocycles. The van der Waals surface area contributed by atoms with Crippen LogP contribution in [0.1, 0.15) is 45.4 Å². The van der Waals surface area contributed by atoms with Crippen LogP contribution in [0.4, 0.5) is 5.82 Å². The maximum absolute atomic E-state index is 10.7. The van der Waals surface area contributed by atoms with Crippen molar-refractivity contribution >= 4 is 23.4 Å². The second kappa shape index (κ2) is 9.59. The lowest BCUT2D eigenvalue weighted by molar-refractivity contribution is -0.136. The molecule has 0 bridgehead atoms. The molecule has 0 amide bonds. The van der Waals surface area contributed by atoms with Crippen molar-refractivity contribution in [3.05, 3.63) is 23.4 Å². The lowest BCUT2D eigenvalue weighted by Crippen LogP contribution is -2.28. The lowest BCUT2D eigenvalue weighted by atomic mass is 10.1. The molecule has 1 rings (SSSR count). The van der Waals surface area contributed by atoms with Crippen LogP contribution in [-0.2, 0) is 4.79 Å². The standard InChI is InChI=1S/C15H23ClN2O2/c1-2-3-4-5-6-10-18(11-9-15(19)20)14-8-7-13(16)12-17-14/h7-8,12H,2-6,9-11H2,1H3,(H,19,20). The van der Waals surface area contributed by atoms with Crippen molar-refractivity contribution in [2.75, 3.05) is 18.0 Å². The van der Waals surface area contributed by atoms with Crippen LogP contribution in [0.3, 0.4) is 0 Å². The smallest absolute Gasteiger partial charge is 0.305 e. The average molecular weight is 299 g/mol. The molecule has 0 aliphatic carbocycles. The Kier molecular flexibility index (Phi) is 8.04. The molecule has 0 atom stereocenters. The van der Waals surface area contributed by atoms with Crippen LogP contribution < -0.4 is 4.90 Å². The van der Waals surface area contributed by atoms with Crippen LogP contribution in [0.25, 0.3) is 0 Å². The van der Waals surface area contributed by atoms with Gasteiger partial charge in [0.1, 0.15) is 5.82 Å². The van der Waals surface area contributed by atoms with Crippen LogP contribution in [0, 0.1) is 0 Å². The molecule has 0 aromatic carbocycles. The highest BCUT2D eigenvalue weighted by molar-refractivity contribution is 6.30. The molecule has 0 unspecified atom stereocenters. The van der Waals surface area contributed by atoms with E-state index in [-0.39, 0.29) is 6.42 Å². The van der Waals surface area contributed by atoms with E-state index in [1.54, 1.807) is 12.3 Å². The first-order chi connectivity index (χ1) is 9.63. The molecule has 1 N–H and O–H groups in total. The van der Waals surface area contributed by atoms with Gasteiger partial charge in [-0.3, -0.25) is 4.79 Å². The maximum atomic E-state index is 10.7. The normalized spacial score (nSPS) is 10.5. The predicted molar refractivity (Wildman–Crippen MR) is 82.5 cm³/mol. The van der Waals surface area contributed by atoms with E-state index < -0.39 is 5.97 Å². The highest BCUT2D eigenvalue weighted by Gasteiger charge is 2.09. The Morgan fingerprint density at radius 1 is 1.25 bits per heavy atom. The van der Waals surface area contributed by atoms with Gasteiger partial charge in [0, 0.05) is 19.3 Å². The third-order valence-corrected chi connectivity index (χ3v) is 3.39. The van der Waals surface area contributed by atoms with E-state index in [1.807, 2.05) is 11.0 Å². The van der Waals surface area contributed by atoms with E-state index in [1.165, 1.54) is 25.7 Å². The Bertz CT molecular complexity index is 395. The second-order valence-electron chi connectivity index (χ2n) is 4.88. The molecular weight excluding hydrogens is 276 g/mol. The van der Waals surface area contributed by atoms with Crippen molar-refractivity contribution < 1.29 is 9.90 Å². The van der Waals surface area contributed by atoms with Crippen molar-refractivity contribution in [1.82, 2.24) is 4.98 Å². The topological polar surface area (TPSA) is 53.4 Å². The average Bonchev–Trinajstić information content (AvgIpc) is 2.43. The van der Waals surface area contributed by atoms with E-state index in [4.69, 9.17) is 16.7 Å². The van der Waals surface area contributed by atoms with E-state index in [0.29, 0.717) is 11.6 Å². The summed E-state index contributed by atoms with van der Waals surface area (Å²) >= 11 is 5.83. The summed E-state index contributed by atoms with van der Waals surface area (Å²) in [6.45, 7) is 3.51. The zero-order valence-corrected chi connectivity index (χ0v) is 12.8. The predicted octanol–water partition coefficient (Wildman–Crippen LogP) is 3.99. The minimum absolute atomic E-state index is 0.124. The Hall–Kier alpha value is -1.29. The van der Waals surface area contributed by atoms with Gasteiger partial charge in [0.15, 0.2) is 0 Å². The molecule has 0 radical (unpaired) electrons. The molecule has 4 nitrogen and oxygen atoms in total. The zero-order valence-electron chi connectivity index (χ0n) is 12.0. The fourth-order valence-corrected chi connectivity index (χ4v) is 2.14. The van der Waals surface area contributed by atoms with Gasteiger partial charge in [-0.15, -0.1) is 0 Å². The molecule has 0 spiro atoms. The number of halogens is 1. The van der Waals surface area contributed by atoms with Gasteiger partial charge in [0.25, 0.3) is 0 Å². The summed E-state index contributed by atoms with van der Waals surface area (Å²) in [5.74, 6) is 0.0149. The number of carbonyl (C=O) groups is 1. The summed E-state index contributed by atoms with van der Waals surface area (Å²) in [6.07, 6.45) is 7.67. The molecule has 0 aliphatic heterocycles. The summed E-state index contributed by atoms with van der Waals surface area (Å²) in [5, 5.41) is 9.42. The van der Waals surface area contributed by atoms with Crippen molar-refractivity contribution in [2.24, 2.45) is 0 Å². The van der Waals surface area contributed by atoms with Crippen molar-refractivity contribution in [3.8, 4) is 0 Å². The minimum atomic E-state index is -0.782. The van der Waals surface area contributed by atoms with Gasteiger partial charge < -0.3 is 10.0 Å². The highest BCUT2D eigenvalue weighted by Crippen LogP contribution is 2.16. The van der Waals surface area contributed by atoms with Crippen LogP contribution in [-0.4, -0.2) is 29.1 Å². The van der Waals surface area contributed by atoms with Crippen molar-refractivity contribution in [3.63, 3.8) is 0 Å². The summed E-state index contributed by atoms with van der Waals surface area (Å²) in [7, 11) is 0. The molecular formula is C15H23ClN2O2. The third-order valence-electron chi connectivity index (χ3n) is 3.16. The van der Waals surface area contributed by atoms with Gasteiger partial charge in [-0.2, -0.15) is 0 Å². The van der Waals surface area contributed by atoms with Gasteiger partial charge in [-0.25, -0.2) is 4.98 Å². The number of anilines is 1.